The maximum atomic E-state index is 10.6. The lowest BCUT2D eigenvalue weighted by molar-refractivity contribution is -0.138. The zero-order valence-electron chi connectivity index (χ0n) is 7.61. The topological polar surface area (TPSA) is 57.5 Å². The number of hydrogen-bond donors (Lipinski definition) is 2. The van der Waals surface area contributed by atoms with Gasteiger partial charge in [0.15, 0.2) is 0 Å². The van der Waals surface area contributed by atoms with Crippen LogP contribution in [0, 0.1) is 6.92 Å². The summed E-state index contributed by atoms with van der Waals surface area (Å²) in [5.74, 6) is -1.55. The van der Waals surface area contributed by atoms with Gasteiger partial charge in [0, 0.05) is 5.56 Å². The number of aliphatic carboxylic acids is 1. The average molecular weight is 180 g/mol. The van der Waals surface area contributed by atoms with Gasteiger partial charge in [-0.25, -0.2) is 0 Å². The van der Waals surface area contributed by atoms with Crippen molar-refractivity contribution in [1.82, 2.24) is 0 Å². The molecule has 0 amide bonds. The molecule has 0 aliphatic heterocycles. The second-order valence-corrected chi connectivity index (χ2v) is 3.12. The van der Waals surface area contributed by atoms with E-state index in [9.17, 15) is 9.90 Å². The minimum absolute atomic E-state index is 0.0508. The number of aromatic hydroxyl groups is 1. The van der Waals surface area contributed by atoms with Crippen LogP contribution in [0.5, 0.6) is 5.75 Å². The Bertz CT molecular complexity index is 331. The van der Waals surface area contributed by atoms with Crippen LogP contribution in [0.2, 0.25) is 0 Å². The fourth-order valence-corrected chi connectivity index (χ4v) is 1.15. The Labute approximate surface area is 76.6 Å². The Morgan fingerprint density at radius 1 is 1.46 bits per heavy atom. The Morgan fingerprint density at radius 2 is 2.08 bits per heavy atom. The van der Waals surface area contributed by atoms with E-state index in [-0.39, 0.29) is 5.75 Å². The van der Waals surface area contributed by atoms with E-state index < -0.39 is 11.9 Å². The van der Waals surface area contributed by atoms with Gasteiger partial charge in [0.25, 0.3) is 0 Å². The highest BCUT2D eigenvalue weighted by molar-refractivity contribution is 5.76. The van der Waals surface area contributed by atoms with Crippen LogP contribution in [0.3, 0.4) is 0 Å². The van der Waals surface area contributed by atoms with Gasteiger partial charge in [-0.3, -0.25) is 4.79 Å². The number of aryl methyl sites for hydroxylation is 1. The molecule has 1 atom stereocenters. The van der Waals surface area contributed by atoms with E-state index in [2.05, 4.69) is 0 Å². The van der Waals surface area contributed by atoms with Crippen LogP contribution in [0.1, 0.15) is 24.0 Å². The Hall–Kier alpha value is -1.51. The van der Waals surface area contributed by atoms with Crippen molar-refractivity contribution in [2.45, 2.75) is 19.8 Å². The number of carboxylic acid groups (broad SMARTS) is 1. The second kappa shape index (κ2) is 3.47. The Morgan fingerprint density at radius 3 is 2.54 bits per heavy atom. The quantitative estimate of drug-likeness (QED) is 0.730. The van der Waals surface area contributed by atoms with Gasteiger partial charge in [-0.15, -0.1) is 0 Å². The molecule has 2 N–H and O–H groups in total. The van der Waals surface area contributed by atoms with Crippen molar-refractivity contribution in [3.05, 3.63) is 29.3 Å². The zero-order valence-corrected chi connectivity index (χ0v) is 7.61. The van der Waals surface area contributed by atoms with Crippen molar-refractivity contribution in [1.29, 1.82) is 0 Å². The molecule has 0 aliphatic carbocycles. The van der Waals surface area contributed by atoms with Gasteiger partial charge in [-0.2, -0.15) is 0 Å². The number of phenols is 1. The lowest BCUT2D eigenvalue weighted by Gasteiger charge is -2.08. The molecule has 3 nitrogen and oxygen atoms in total. The third-order valence-corrected chi connectivity index (χ3v) is 2.02. The molecular formula is C10H12O3. The van der Waals surface area contributed by atoms with Crippen LogP contribution in [-0.4, -0.2) is 16.2 Å². The molecule has 70 valence electrons. The van der Waals surface area contributed by atoms with Crippen molar-refractivity contribution in [2.24, 2.45) is 0 Å². The summed E-state index contributed by atoms with van der Waals surface area (Å²) in [6.45, 7) is 3.39. The number of benzene rings is 1. The van der Waals surface area contributed by atoms with E-state index in [0.717, 1.165) is 5.56 Å². The van der Waals surface area contributed by atoms with Crippen LogP contribution >= 0.6 is 0 Å². The number of carboxylic acids is 1. The molecule has 0 radical (unpaired) electrons. The molecule has 0 aliphatic rings. The first kappa shape index (κ1) is 9.58. The third kappa shape index (κ3) is 1.99. The summed E-state index contributed by atoms with van der Waals surface area (Å²) in [6.07, 6.45) is 0. The van der Waals surface area contributed by atoms with Gasteiger partial charge < -0.3 is 10.2 Å². The van der Waals surface area contributed by atoms with Gasteiger partial charge in [-0.1, -0.05) is 12.1 Å². The molecule has 13 heavy (non-hydrogen) atoms. The monoisotopic (exact) mass is 180 g/mol. The normalized spacial score (nSPS) is 12.5. The molecule has 0 spiro atoms. The summed E-state index contributed by atoms with van der Waals surface area (Å²) >= 11 is 0. The molecule has 3 heteroatoms. The molecule has 1 unspecified atom stereocenters. The van der Waals surface area contributed by atoms with Crippen LogP contribution in [0.25, 0.3) is 0 Å². The van der Waals surface area contributed by atoms with E-state index in [1.165, 1.54) is 0 Å². The highest BCUT2D eigenvalue weighted by Crippen LogP contribution is 2.26. The molecule has 0 bridgehead atoms. The predicted molar refractivity (Wildman–Crippen MR) is 48.9 cm³/mol. The van der Waals surface area contributed by atoms with Crippen molar-refractivity contribution in [3.63, 3.8) is 0 Å². The number of rotatable bonds is 2. The molecule has 1 aromatic rings. The number of carbonyl (C=O) groups is 1. The smallest absolute Gasteiger partial charge is 0.310 e. The van der Waals surface area contributed by atoms with Crippen LogP contribution in [0.15, 0.2) is 18.2 Å². The standard InChI is InChI=1S/C10H12O3/c1-6-3-4-8(9(11)5-6)7(2)10(12)13/h3-5,7,11H,1-2H3,(H,12,13). The van der Waals surface area contributed by atoms with Crippen LogP contribution < -0.4 is 0 Å². The Balaban J connectivity index is 3.08. The largest absolute Gasteiger partial charge is 0.508 e. The van der Waals surface area contributed by atoms with E-state index in [1.54, 1.807) is 25.1 Å². The van der Waals surface area contributed by atoms with Crippen molar-refractivity contribution in [2.75, 3.05) is 0 Å². The summed E-state index contributed by atoms with van der Waals surface area (Å²) in [5, 5.41) is 18.2. The van der Waals surface area contributed by atoms with Gasteiger partial charge >= 0.3 is 5.97 Å². The maximum absolute atomic E-state index is 10.6. The molecule has 1 aromatic carbocycles. The van der Waals surface area contributed by atoms with Crippen molar-refractivity contribution in [3.8, 4) is 5.75 Å². The zero-order chi connectivity index (χ0) is 10.0. The molecule has 0 aromatic heterocycles. The fourth-order valence-electron chi connectivity index (χ4n) is 1.15. The van der Waals surface area contributed by atoms with E-state index >= 15 is 0 Å². The van der Waals surface area contributed by atoms with Gasteiger partial charge in [0.05, 0.1) is 5.92 Å². The Kier molecular flexibility index (Phi) is 2.56. The number of phenolic OH excluding ortho intramolecular Hbond substituents is 1. The van der Waals surface area contributed by atoms with E-state index in [0.29, 0.717) is 5.56 Å². The number of hydrogen-bond acceptors (Lipinski definition) is 2. The van der Waals surface area contributed by atoms with Gasteiger partial charge in [0.1, 0.15) is 5.75 Å². The van der Waals surface area contributed by atoms with Gasteiger partial charge in [-0.05, 0) is 25.5 Å². The summed E-state index contributed by atoms with van der Waals surface area (Å²) in [5.41, 5.74) is 1.37. The average Bonchev–Trinajstić information content (AvgIpc) is 2.03. The fraction of sp³-hybridized carbons (Fsp3) is 0.300. The summed E-state index contributed by atoms with van der Waals surface area (Å²) in [4.78, 5) is 10.6. The highest BCUT2D eigenvalue weighted by atomic mass is 16.4. The highest BCUT2D eigenvalue weighted by Gasteiger charge is 2.16. The van der Waals surface area contributed by atoms with Crippen molar-refractivity contribution < 1.29 is 15.0 Å². The minimum Gasteiger partial charge on any atom is -0.508 e. The SMILES string of the molecule is Cc1ccc(C(C)C(=O)O)c(O)c1. The third-order valence-electron chi connectivity index (χ3n) is 2.02. The molecule has 0 saturated carbocycles. The maximum Gasteiger partial charge on any atom is 0.310 e. The lowest BCUT2D eigenvalue weighted by atomic mass is 9.99. The molecule has 0 heterocycles. The van der Waals surface area contributed by atoms with E-state index in [4.69, 9.17) is 5.11 Å². The van der Waals surface area contributed by atoms with E-state index in [1.807, 2.05) is 6.92 Å². The van der Waals surface area contributed by atoms with Crippen molar-refractivity contribution >= 4 is 5.97 Å². The minimum atomic E-state index is -0.931. The molecular weight excluding hydrogens is 168 g/mol. The molecule has 0 fully saturated rings. The first-order chi connectivity index (χ1) is 6.02. The lowest BCUT2D eigenvalue weighted by Crippen LogP contribution is -2.07. The summed E-state index contributed by atoms with van der Waals surface area (Å²) in [7, 11) is 0. The summed E-state index contributed by atoms with van der Waals surface area (Å²) < 4.78 is 0. The van der Waals surface area contributed by atoms with Gasteiger partial charge in [0.2, 0.25) is 0 Å². The first-order valence-corrected chi connectivity index (χ1v) is 4.04. The molecule has 0 saturated heterocycles. The molecule has 1 rings (SSSR count). The second-order valence-electron chi connectivity index (χ2n) is 3.12. The first-order valence-electron chi connectivity index (χ1n) is 4.04. The van der Waals surface area contributed by atoms with Crippen LogP contribution in [0.4, 0.5) is 0 Å². The summed E-state index contributed by atoms with van der Waals surface area (Å²) in [6, 6.07) is 4.99. The predicted octanol–water partition coefficient (Wildman–Crippen LogP) is 1.89. The van der Waals surface area contributed by atoms with Crippen LogP contribution in [-0.2, 0) is 4.79 Å².